The Kier molecular flexibility index (Phi) is 6.80. The van der Waals surface area contributed by atoms with Gasteiger partial charge >= 0.3 is 0 Å². The summed E-state index contributed by atoms with van der Waals surface area (Å²) in [4.78, 5) is 9.00. The second-order valence-corrected chi connectivity index (χ2v) is 2.71. The van der Waals surface area contributed by atoms with E-state index < -0.39 is 5.97 Å². The number of nitrogens with one attached hydrogen (secondary N) is 2. The maximum Gasteiger partial charge on any atom is 0.300 e. The van der Waals surface area contributed by atoms with Gasteiger partial charge in [0.25, 0.3) is 5.97 Å². The summed E-state index contributed by atoms with van der Waals surface area (Å²) in [5.41, 5.74) is 8.30. The number of nitrogens with two attached hydrogens (primary N) is 1. The normalized spacial score (nSPS) is 9.06. The van der Waals surface area contributed by atoms with E-state index in [0.717, 1.165) is 12.5 Å². The van der Waals surface area contributed by atoms with Crippen LogP contribution < -0.4 is 11.2 Å². The van der Waals surface area contributed by atoms with Crippen molar-refractivity contribution in [2.45, 2.75) is 6.92 Å². The highest BCUT2D eigenvalue weighted by Crippen LogP contribution is 1.92. The first kappa shape index (κ1) is 13.6. The summed E-state index contributed by atoms with van der Waals surface area (Å²) >= 11 is 0. The number of hydrogen-bond acceptors (Lipinski definition) is 3. The smallest absolute Gasteiger partial charge is 0.300 e. The molecule has 0 radical (unpaired) electrons. The third kappa shape index (κ3) is 9.72. The van der Waals surface area contributed by atoms with E-state index in [0.29, 0.717) is 0 Å². The van der Waals surface area contributed by atoms with E-state index in [-0.39, 0.29) is 5.96 Å². The van der Waals surface area contributed by atoms with Gasteiger partial charge in [-0.25, -0.2) is 5.43 Å². The van der Waals surface area contributed by atoms with Crippen molar-refractivity contribution >= 4 is 18.1 Å². The Balaban J connectivity index is 0.000000487. The van der Waals surface area contributed by atoms with Crippen molar-refractivity contribution in [3.63, 3.8) is 0 Å². The molecule has 0 bridgehead atoms. The van der Waals surface area contributed by atoms with Crippen LogP contribution in [0, 0.1) is 5.41 Å². The third-order valence-electron chi connectivity index (χ3n) is 1.20. The van der Waals surface area contributed by atoms with E-state index in [4.69, 9.17) is 21.0 Å². The van der Waals surface area contributed by atoms with Crippen molar-refractivity contribution in [1.29, 1.82) is 5.41 Å². The standard InChI is InChI=1S/C8H10N4.C2H4O2/c9-8(10)12-11-6-7-4-2-1-3-5-7;1-2(3)4/h1-6H,(H4,9,10,12);1H3,(H,3,4). The molecule has 0 aromatic heterocycles. The topological polar surface area (TPSA) is 112 Å². The molecule has 0 heterocycles. The van der Waals surface area contributed by atoms with Crippen LogP contribution in [0.3, 0.4) is 0 Å². The molecule has 0 aliphatic carbocycles. The summed E-state index contributed by atoms with van der Waals surface area (Å²) in [5, 5.41) is 17.9. The van der Waals surface area contributed by atoms with E-state index in [1.165, 1.54) is 0 Å². The van der Waals surface area contributed by atoms with Crippen LogP contribution >= 0.6 is 0 Å². The second-order valence-electron chi connectivity index (χ2n) is 2.71. The van der Waals surface area contributed by atoms with Gasteiger partial charge in [0.15, 0.2) is 0 Å². The Bertz CT molecular complexity index is 358. The molecule has 0 fully saturated rings. The molecule has 0 aliphatic heterocycles. The van der Waals surface area contributed by atoms with Crippen LogP contribution in [0.25, 0.3) is 0 Å². The van der Waals surface area contributed by atoms with E-state index in [1.54, 1.807) is 6.21 Å². The van der Waals surface area contributed by atoms with Gasteiger partial charge in [0.05, 0.1) is 6.21 Å². The van der Waals surface area contributed by atoms with Gasteiger partial charge in [0.2, 0.25) is 5.96 Å². The maximum absolute atomic E-state index is 9.00. The SMILES string of the molecule is CC(=O)O.N=C(N)NN=Cc1ccccc1. The van der Waals surface area contributed by atoms with Crippen LogP contribution in [-0.2, 0) is 4.79 Å². The molecule has 0 amide bonds. The van der Waals surface area contributed by atoms with Gasteiger partial charge in [-0.3, -0.25) is 10.2 Å². The van der Waals surface area contributed by atoms with Crippen molar-refractivity contribution in [3.8, 4) is 0 Å². The number of benzene rings is 1. The van der Waals surface area contributed by atoms with Crippen LogP contribution in [0.1, 0.15) is 12.5 Å². The fourth-order valence-electron chi connectivity index (χ4n) is 0.715. The average Bonchev–Trinajstić information content (AvgIpc) is 2.18. The van der Waals surface area contributed by atoms with Crippen LogP contribution in [0.15, 0.2) is 35.4 Å². The summed E-state index contributed by atoms with van der Waals surface area (Å²) in [5.74, 6) is -0.998. The molecule has 0 spiro atoms. The predicted molar refractivity (Wildman–Crippen MR) is 62.4 cm³/mol. The Hall–Kier alpha value is -2.37. The lowest BCUT2D eigenvalue weighted by Gasteiger charge is -1.93. The maximum atomic E-state index is 9.00. The number of carboxylic acid groups (broad SMARTS) is 1. The van der Waals surface area contributed by atoms with Crippen LogP contribution in [0.2, 0.25) is 0 Å². The number of rotatable bonds is 2. The first-order chi connectivity index (χ1) is 7.52. The van der Waals surface area contributed by atoms with Gasteiger partial charge in [-0.1, -0.05) is 30.3 Å². The highest BCUT2D eigenvalue weighted by Gasteiger charge is 1.83. The molecule has 0 saturated heterocycles. The van der Waals surface area contributed by atoms with E-state index in [2.05, 4.69) is 10.5 Å². The lowest BCUT2D eigenvalue weighted by Crippen LogP contribution is -2.25. The molecule has 0 aliphatic rings. The lowest BCUT2D eigenvalue weighted by molar-refractivity contribution is -0.134. The Morgan fingerprint density at radius 1 is 1.50 bits per heavy atom. The average molecular weight is 222 g/mol. The Morgan fingerprint density at radius 2 is 2.00 bits per heavy atom. The number of hydrogen-bond donors (Lipinski definition) is 4. The van der Waals surface area contributed by atoms with Crippen molar-refractivity contribution < 1.29 is 9.90 Å². The predicted octanol–water partition coefficient (Wildman–Crippen LogP) is 0.594. The summed E-state index contributed by atoms with van der Waals surface area (Å²) < 4.78 is 0. The fourth-order valence-corrected chi connectivity index (χ4v) is 0.715. The minimum atomic E-state index is -0.833. The molecule has 1 rings (SSSR count). The molecule has 0 unspecified atom stereocenters. The van der Waals surface area contributed by atoms with Crippen molar-refractivity contribution in [1.82, 2.24) is 5.43 Å². The molecular formula is C10H14N4O2. The molecule has 0 saturated carbocycles. The minimum Gasteiger partial charge on any atom is -0.481 e. The number of aliphatic carboxylic acids is 1. The quantitative estimate of drug-likeness (QED) is 0.333. The first-order valence-electron chi connectivity index (χ1n) is 4.40. The highest BCUT2D eigenvalue weighted by atomic mass is 16.4. The summed E-state index contributed by atoms with van der Waals surface area (Å²) in [6, 6.07) is 9.57. The number of hydrazone groups is 1. The first-order valence-corrected chi connectivity index (χ1v) is 4.40. The molecule has 1 aromatic carbocycles. The molecule has 6 heteroatoms. The molecule has 6 nitrogen and oxygen atoms in total. The van der Waals surface area contributed by atoms with Crippen LogP contribution in [0.5, 0.6) is 0 Å². The molecular weight excluding hydrogens is 208 g/mol. The highest BCUT2D eigenvalue weighted by molar-refractivity contribution is 5.81. The van der Waals surface area contributed by atoms with Crippen LogP contribution in [-0.4, -0.2) is 23.2 Å². The molecule has 0 atom stereocenters. The second kappa shape index (κ2) is 7.98. The zero-order valence-corrected chi connectivity index (χ0v) is 8.84. The van der Waals surface area contributed by atoms with Gasteiger partial charge < -0.3 is 10.8 Å². The molecule has 1 aromatic rings. The van der Waals surface area contributed by atoms with Crippen molar-refractivity contribution in [2.24, 2.45) is 10.8 Å². The van der Waals surface area contributed by atoms with E-state index in [1.807, 2.05) is 30.3 Å². The monoisotopic (exact) mass is 222 g/mol. The Morgan fingerprint density at radius 3 is 2.44 bits per heavy atom. The third-order valence-corrected chi connectivity index (χ3v) is 1.20. The van der Waals surface area contributed by atoms with Crippen molar-refractivity contribution in [2.75, 3.05) is 0 Å². The zero-order valence-electron chi connectivity index (χ0n) is 8.84. The van der Waals surface area contributed by atoms with E-state index in [9.17, 15) is 0 Å². The summed E-state index contributed by atoms with van der Waals surface area (Å²) in [6.07, 6.45) is 1.60. The van der Waals surface area contributed by atoms with Gasteiger partial charge in [0, 0.05) is 6.92 Å². The largest absolute Gasteiger partial charge is 0.481 e. The van der Waals surface area contributed by atoms with Crippen molar-refractivity contribution in [3.05, 3.63) is 35.9 Å². The number of guanidine groups is 1. The molecule has 86 valence electrons. The summed E-state index contributed by atoms with van der Waals surface area (Å²) in [7, 11) is 0. The number of nitrogens with zero attached hydrogens (tertiary/aromatic N) is 1. The van der Waals surface area contributed by atoms with Gasteiger partial charge in [-0.05, 0) is 5.56 Å². The number of carbonyl (C=O) groups is 1. The van der Waals surface area contributed by atoms with Gasteiger partial charge in [-0.2, -0.15) is 5.10 Å². The molecule has 16 heavy (non-hydrogen) atoms. The molecule has 5 N–H and O–H groups in total. The van der Waals surface area contributed by atoms with Crippen LogP contribution in [0.4, 0.5) is 0 Å². The van der Waals surface area contributed by atoms with E-state index >= 15 is 0 Å². The number of carboxylic acids is 1. The lowest BCUT2D eigenvalue weighted by atomic mass is 10.2. The Labute approximate surface area is 93.3 Å². The van der Waals surface area contributed by atoms with Gasteiger partial charge in [0.1, 0.15) is 0 Å². The minimum absolute atomic E-state index is 0.165. The van der Waals surface area contributed by atoms with Gasteiger partial charge in [-0.15, -0.1) is 0 Å². The summed E-state index contributed by atoms with van der Waals surface area (Å²) in [6.45, 7) is 1.08. The fraction of sp³-hybridized carbons (Fsp3) is 0.100. The zero-order chi connectivity index (χ0) is 12.4.